The lowest BCUT2D eigenvalue weighted by Crippen LogP contribution is -2.43. The van der Waals surface area contributed by atoms with E-state index in [0.717, 1.165) is 10.6 Å². The fourth-order valence-electron chi connectivity index (χ4n) is 3.63. The van der Waals surface area contributed by atoms with Crippen molar-refractivity contribution in [3.8, 4) is 10.6 Å². The predicted octanol–water partition coefficient (Wildman–Crippen LogP) is 1.73. The van der Waals surface area contributed by atoms with Crippen molar-refractivity contribution in [2.45, 2.75) is 56.5 Å². The number of thiazole rings is 1. The molecule has 1 saturated heterocycles. The molecule has 0 unspecified atom stereocenters. The highest BCUT2D eigenvalue weighted by atomic mass is 32.1. The van der Waals surface area contributed by atoms with Crippen LogP contribution in [0, 0.1) is 5.82 Å². The smallest absolute Gasteiger partial charge is 0.123 e. The Hall–Kier alpha value is -1.53. The van der Waals surface area contributed by atoms with Gasteiger partial charge in [0.1, 0.15) is 29.2 Å². The number of rotatable bonds is 10. The molecular weight excluding hydrogens is 442 g/mol. The third-order valence-electron chi connectivity index (χ3n) is 5.46. The Labute approximate surface area is 189 Å². The van der Waals surface area contributed by atoms with Crippen LogP contribution in [0.15, 0.2) is 29.6 Å². The molecule has 1 aromatic heterocycles. The first kappa shape index (κ1) is 25.1. The van der Waals surface area contributed by atoms with Gasteiger partial charge in [-0.05, 0) is 50.1 Å². The average molecular weight is 473 g/mol. The second kappa shape index (κ2) is 12.1. The van der Waals surface area contributed by atoms with Crippen molar-refractivity contribution in [3.63, 3.8) is 0 Å². The molecule has 2 aromatic rings. The first-order valence-corrected chi connectivity index (χ1v) is 11.6. The minimum atomic E-state index is -1.38. The SMILES string of the molecule is O[C@H]1[C@H](O)[C@@H](O)CN(CCCC[C@@H](F)COCc2csc(-c3ccc(F)cc3)n2)C[C@@H]1O. The lowest BCUT2D eigenvalue weighted by atomic mass is 10.1. The number of β-amino-alcohol motifs (C(OH)–C–C–N with tert-alkyl or cyclic N) is 2. The van der Waals surface area contributed by atoms with Crippen molar-refractivity contribution in [2.75, 3.05) is 26.2 Å². The van der Waals surface area contributed by atoms with E-state index in [1.165, 1.54) is 23.5 Å². The van der Waals surface area contributed by atoms with Gasteiger partial charge in [0.05, 0.1) is 31.1 Å². The zero-order valence-corrected chi connectivity index (χ0v) is 18.5. The van der Waals surface area contributed by atoms with E-state index in [9.17, 15) is 29.2 Å². The molecule has 1 aliphatic rings. The largest absolute Gasteiger partial charge is 0.389 e. The van der Waals surface area contributed by atoms with Gasteiger partial charge in [-0.3, -0.25) is 4.90 Å². The molecule has 5 atom stereocenters. The van der Waals surface area contributed by atoms with Gasteiger partial charge in [0.2, 0.25) is 0 Å². The molecule has 1 aromatic carbocycles. The Kier molecular flexibility index (Phi) is 9.47. The highest BCUT2D eigenvalue weighted by Gasteiger charge is 2.35. The molecule has 10 heteroatoms. The second-order valence-corrected chi connectivity index (χ2v) is 8.99. The number of hydrogen-bond acceptors (Lipinski definition) is 8. The van der Waals surface area contributed by atoms with Crippen LogP contribution in [0.25, 0.3) is 10.6 Å². The maximum Gasteiger partial charge on any atom is 0.123 e. The summed E-state index contributed by atoms with van der Waals surface area (Å²) < 4.78 is 32.6. The van der Waals surface area contributed by atoms with Gasteiger partial charge in [-0.2, -0.15) is 0 Å². The summed E-state index contributed by atoms with van der Waals surface area (Å²) >= 11 is 1.42. The number of nitrogens with zero attached hydrogens (tertiary/aromatic N) is 2. The molecule has 3 rings (SSSR count). The van der Waals surface area contributed by atoms with E-state index in [0.29, 0.717) is 31.5 Å². The highest BCUT2D eigenvalue weighted by molar-refractivity contribution is 7.13. The van der Waals surface area contributed by atoms with Crippen LogP contribution >= 0.6 is 11.3 Å². The molecule has 7 nitrogen and oxygen atoms in total. The number of benzene rings is 1. The van der Waals surface area contributed by atoms with Gasteiger partial charge in [0.25, 0.3) is 0 Å². The van der Waals surface area contributed by atoms with Crippen LogP contribution in [0.1, 0.15) is 25.0 Å². The van der Waals surface area contributed by atoms with Crippen LogP contribution in [-0.2, 0) is 11.3 Å². The Morgan fingerprint density at radius 1 is 1.06 bits per heavy atom. The summed E-state index contributed by atoms with van der Waals surface area (Å²) in [5.74, 6) is -0.304. The molecule has 0 saturated carbocycles. The number of unbranched alkanes of at least 4 members (excludes halogenated alkanes) is 1. The summed E-state index contributed by atoms with van der Waals surface area (Å²) in [6.45, 7) is 0.970. The molecule has 0 amide bonds. The van der Waals surface area contributed by atoms with Crippen LogP contribution in [0.2, 0.25) is 0 Å². The van der Waals surface area contributed by atoms with E-state index >= 15 is 0 Å². The third-order valence-corrected chi connectivity index (χ3v) is 6.40. The Morgan fingerprint density at radius 3 is 2.38 bits per heavy atom. The number of halogens is 2. The van der Waals surface area contributed by atoms with Crippen molar-refractivity contribution in [1.82, 2.24) is 9.88 Å². The Morgan fingerprint density at radius 2 is 1.72 bits per heavy atom. The summed E-state index contributed by atoms with van der Waals surface area (Å²) in [7, 11) is 0. The van der Waals surface area contributed by atoms with Crippen molar-refractivity contribution in [2.24, 2.45) is 0 Å². The number of likely N-dealkylation sites (tertiary alicyclic amines) is 1. The number of aliphatic hydroxyl groups excluding tert-OH is 4. The number of ether oxygens (including phenoxy) is 1. The summed E-state index contributed by atoms with van der Waals surface area (Å²) in [5, 5.41) is 41.8. The molecular formula is C22H30F2N2O5S. The van der Waals surface area contributed by atoms with Crippen LogP contribution in [0.4, 0.5) is 8.78 Å². The fourth-order valence-corrected chi connectivity index (χ4v) is 4.44. The molecule has 0 aliphatic carbocycles. The van der Waals surface area contributed by atoms with Crippen LogP contribution in [-0.4, -0.2) is 87.1 Å². The normalized spacial score (nSPS) is 25.6. The minimum Gasteiger partial charge on any atom is -0.389 e. The molecule has 1 aliphatic heterocycles. The number of hydrogen-bond donors (Lipinski definition) is 4. The molecule has 32 heavy (non-hydrogen) atoms. The molecule has 0 bridgehead atoms. The maximum atomic E-state index is 14.1. The van der Waals surface area contributed by atoms with Gasteiger partial charge >= 0.3 is 0 Å². The van der Waals surface area contributed by atoms with E-state index in [-0.39, 0.29) is 32.1 Å². The summed E-state index contributed by atoms with van der Waals surface area (Å²) in [4.78, 5) is 6.19. The van der Waals surface area contributed by atoms with E-state index in [4.69, 9.17) is 4.74 Å². The third kappa shape index (κ3) is 7.24. The first-order chi connectivity index (χ1) is 15.3. The van der Waals surface area contributed by atoms with Gasteiger partial charge < -0.3 is 25.2 Å². The number of alkyl halides is 1. The molecule has 178 valence electrons. The topological polar surface area (TPSA) is 106 Å². The van der Waals surface area contributed by atoms with E-state index in [1.807, 2.05) is 5.38 Å². The molecule has 4 N–H and O–H groups in total. The average Bonchev–Trinajstić information content (AvgIpc) is 3.21. The predicted molar refractivity (Wildman–Crippen MR) is 116 cm³/mol. The van der Waals surface area contributed by atoms with Gasteiger partial charge in [-0.25, -0.2) is 13.8 Å². The monoisotopic (exact) mass is 472 g/mol. The fraction of sp³-hybridized carbons (Fsp3) is 0.591. The quantitative estimate of drug-likeness (QED) is 0.390. The van der Waals surface area contributed by atoms with E-state index in [1.54, 1.807) is 17.0 Å². The van der Waals surface area contributed by atoms with Crippen molar-refractivity contribution < 1.29 is 33.9 Å². The van der Waals surface area contributed by atoms with E-state index < -0.39 is 30.6 Å². The molecule has 2 heterocycles. The molecule has 0 radical (unpaired) electrons. The summed E-state index contributed by atoms with van der Waals surface area (Å²) in [5.41, 5.74) is 1.52. The summed E-state index contributed by atoms with van der Waals surface area (Å²) in [6.07, 6.45) is -4.59. The van der Waals surface area contributed by atoms with Crippen molar-refractivity contribution >= 4 is 11.3 Å². The van der Waals surface area contributed by atoms with Crippen LogP contribution in [0.3, 0.4) is 0 Å². The lowest BCUT2D eigenvalue weighted by Gasteiger charge is -2.23. The Bertz CT molecular complexity index is 809. The van der Waals surface area contributed by atoms with E-state index in [2.05, 4.69) is 4.98 Å². The second-order valence-electron chi connectivity index (χ2n) is 8.13. The minimum absolute atomic E-state index is 0.0388. The zero-order valence-electron chi connectivity index (χ0n) is 17.7. The maximum absolute atomic E-state index is 14.1. The van der Waals surface area contributed by atoms with Crippen LogP contribution in [0.5, 0.6) is 0 Å². The highest BCUT2D eigenvalue weighted by Crippen LogP contribution is 2.24. The van der Waals surface area contributed by atoms with Gasteiger partial charge in [0.15, 0.2) is 0 Å². The standard InChI is InChI=1S/C22H30F2N2O5S/c23-15-6-4-14(5-7-15)22-25-17(13-32-22)12-31-11-16(24)3-1-2-8-26-9-18(27)20(29)21(30)19(28)10-26/h4-7,13,16,18-21,27-30H,1-3,8-12H2/t16-,18+,19+,20-,21-/m1/s1. The number of aliphatic hydroxyl groups is 4. The molecule has 0 spiro atoms. The number of aromatic nitrogens is 1. The lowest BCUT2D eigenvalue weighted by molar-refractivity contribution is -0.0894. The van der Waals surface area contributed by atoms with Crippen molar-refractivity contribution in [3.05, 3.63) is 41.2 Å². The van der Waals surface area contributed by atoms with Crippen LogP contribution < -0.4 is 0 Å². The molecule has 1 fully saturated rings. The zero-order chi connectivity index (χ0) is 23.1. The first-order valence-electron chi connectivity index (χ1n) is 10.7. The van der Waals surface area contributed by atoms with Crippen molar-refractivity contribution in [1.29, 1.82) is 0 Å². The van der Waals surface area contributed by atoms with Gasteiger partial charge in [0, 0.05) is 24.0 Å². The van der Waals surface area contributed by atoms with Gasteiger partial charge in [-0.15, -0.1) is 11.3 Å². The Balaban J connectivity index is 1.31. The van der Waals surface area contributed by atoms with Gasteiger partial charge in [-0.1, -0.05) is 0 Å². The summed E-state index contributed by atoms with van der Waals surface area (Å²) in [6, 6.07) is 6.08.